The van der Waals surface area contributed by atoms with Gasteiger partial charge in [-0.05, 0) is 41.8 Å². The van der Waals surface area contributed by atoms with E-state index in [1.54, 1.807) is 0 Å². The summed E-state index contributed by atoms with van der Waals surface area (Å²) in [5.41, 5.74) is 8.58. The van der Waals surface area contributed by atoms with E-state index in [0.717, 1.165) is 13.0 Å². The highest BCUT2D eigenvalue weighted by molar-refractivity contribution is 6.77. The van der Waals surface area contributed by atoms with Crippen molar-refractivity contribution in [2.24, 2.45) is 11.7 Å². The van der Waals surface area contributed by atoms with E-state index in [-0.39, 0.29) is 5.54 Å². The number of hydrogen-bond donors (Lipinski definition) is 1. The Kier molecular flexibility index (Phi) is 6.30. The molecule has 0 heterocycles. The summed E-state index contributed by atoms with van der Waals surface area (Å²) in [4.78, 5) is 0. The standard InChI is InChI=1S/C17H37NOSi/c1-8-10-17(18)12-16(17)9-11-19-20(13(2)3,14(4)5)15(6)7/h13-16H,8-12,18H2,1-7H3/t16-,17+/m1/s1. The fourth-order valence-electron chi connectivity index (χ4n) is 4.44. The molecule has 1 rings (SSSR count). The molecule has 0 bridgehead atoms. The molecule has 1 fully saturated rings. The van der Waals surface area contributed by atoms with E-state index in [2.05, 4.69) is 48.5 Å². The molecule has 0 amide bonds. The first-order valence-corrected chi connectivity index (χ1v) is 10.8. The average molecular weight is 300 g/mol. The second-order valence-corrected chi connectivity index (χ2v) is 13.3. The first-order valence-electron chi connectivity index (χ1n) is 8.63. The topological polar surface area (TPSA) is 35.2 Å². The molecule has 0 spiro atoms. The van der Waals surface area contributed by atoms with Crippen LogP contribution in [0.1, 0.15) is 74.1 Å². The Bertz CT molecular complexity index is 282. The summed E-state index contributed by atoms with van der Waals surface area (Å²) >= 11 is 0. The highest BCUT2D eigenvalue weighted by Gasteiger charge is 2.50. The van der Waals surface area contributed by atoms with Gasteiger partial charge in [-0.3, -0.25) is 0 Å². The minimum Gasteiger partial charge on any atom is -0.416 e. The van der Waals surface area contributed by atoms with Crippen LogP contribution in [0.5, 0.6) is 0 Å². The summed E-state index contributed by atoms with van der Waals surface area (Å²) < 4.78 is 6.62. The Morgan fingerprint density at radius 3 is 2.00 bits per heavy atom. The molecule has 2 atom stereocenters. The number of rotatable bonds is 9. The summed E-state index contributed by atoms with van der Waals surface area (Å²) in [6.07, 6.45) is 4.76. The lowest BCUT2D eigenvalue weighted by atomic mass is 10.1. The van der Waals surface area contributed by atoms with Crippen molar-refractivity contribution >= 4 is 8.32 Å². The highest BCUT2D eigenvalue weighted by atomic mass is 28.4. The summed E-state index contributed by atoms with van der Waals surface area (Å²) in [5.74, 6) is 0.709. The molecule has 0 saturated heterocycles. The zero-order chi connectivity index (χ0) is 15.6. The van der Waals surface area contributed by atoms with E-state index >= 15 is 0 Å². The van der Waals surface area contributed by atoms with E-state index < -0.39 is 8.32 Å². The Labute approximate surface area is 128 Å². The normalized spacial score (nSPS) is 26.9. The molecule has 0 unspecified atom stereocenters. The van der Waals surface area contributed by atoms with Gasteiger partial charge in [0.1, 0.15) is 0 Å². The predicted octanol–water partition coefficient (Wildman–Crippen LogP) is 5.09. The highest BCUT2D eigenvalue weighted by Crippen LogP contribution is 2.48. The molecule has 2 nitrogen and oxygen atoms in total. The first-order chi connectivity index (χ1) is 9.20. The van der Waals surface area contributed by atoms with Crippen molar-refractivity contribution in [2.45, 2.75) is 96.3 Å². The molecule has 1 saturated carbocycles. The minimum absolute atomic E-state index is 0.149. The summed E-state index contributed by atoms with van der Waals surface area (Å²) in [7, 11) is -1.67. The van der Waals surface area contributed by atoms with Crippen LogP contribution in [-0.2, 0) is 4.43 Å². The molecule has 0 aromatic carbocycles. The van der Waals surface area contributed by atoms with Gasteiger partial charge in [0.15, 0.2) is 8.32 Å². The molecule has 1 aliphatic rings. The lowest BCUT2D eigenvalue weighted by molar-refractivity contribution is 0.260. The van der Waals surface area contributed by atoms with Crippen molar-refractivity contribution in [3.63, 3.8) is 0 Å². The summed E-state index contributed by atoms with van der Waals surface area (Å²) in [5, 5.41) is 0. The second kappa shape index (κ2) is 6.93. The van der Waals surface area contributed by atoms with Crippen molar-refractivity contribution in [3.05, 3.63) is 0 Å². The molecule has 1 aliphatic carbocycles. The maximum atomic E-state index is 6.62. The molecule has 20 heavy (non-hydrogen) atoms. The van der Waals surface area contributed by atoms with Crippen LogP contribution in [0.4, 0.5) is 0 Å². The monoisotopic (exact) mass is 299 g/mol. The third-order valence-electron chi connectivity index (χ3n) is 5.52. The minimum atomic E-state index is -1.67. The van der Waals surface area contributed by atoms with Crippen LogP contribution in [0.3, 0.4) is 0 Å². The lowest BCUT2D eigenvalue weighted by Crippen LogP contribution is -2.48. The van der Waals surface area contributed by atoms with E-state index in [9.17, 15) is 0 Å². The fraction of sp³-hybridized carbons (Fsp3) is 1.00. The van der Waals surface area contributed by atoms with Crippen LogP contribution < -0.4 is 5.73 Å². The molecule has 120 valence electrons. The van der Waals surface area contributed by atoms with Gasteiger partial charge in [-0.25, -0.2) is 0 Å². The van der Waals surface area contributed by atoms with Crippen molar-refractivity contribution in [1.82, 2.24) is 0 Å². The van der Waals surface area contributed by atoms with Gasteiger partial charge in [-0.15, -0.1) is 0 Å². The quantitative estimate of drug-likeness (QED) is 0.602. The smallest absolute Gasteiger partial charge is 0.200 e. The van der Waals surface area contributed by atoms with Crippen LogP contribution in [-0.4, -0.2) is 20.5 Å². The van der Waals surface area contributed by atoms with Crippen molar-refractivity contribution in [2.75, 3.05) is 6.61 Å². The van der Waals surface area contributed by atoms with Crippen molar-refractivity contribution < 1.29 is 4.43 Å². The molecule has 0 radical (unpaired) electrons. The molecule has 0 aliphatic heterocycles. The SMILES string of the molecule is CCC[C@]1(N)C[C@H]1CCO[Si](C(C)C)(C(C)C)C(C)C. The van der Waals surface area contributed by atoms with Crippen LogP contribution >= 0.6 is 0 Å². The van der Waals surface area contributed by atoms with Gasteiger partial charge in [-0.2, -0.15) is 0 Å². The molecule has 2 N–H and O–H groups in total. The summed E-state index contributed by atoms with van der Waals surface area (Å²) in [6.45, 7) is 17.3. The number of nitrogens with two attached hydrogens (primary N) is 1. The van der Waals surface area contributed by atoms with Gasteiger partial charge in [0.2, 0.25) is 0 Å². The zero-order valence-electron chi connectivity index (χ0n) is 14.8. The zero-order valence-corrected chi connectivity index (χ0v) is 15.8. The van der Waals surface area contributed by atoms with Gasteiger partial charge in [0.05, 0.1) is 0 Å². The fourth-order valence-corrected chi connectivity index (χ4v) is 9.91. The Morgan fingerprint density at radius 2 is 1.60 bits per heavy atom. The second-order valence-electron chi connectivity index (χ2n) is 7.84. The van der Waals surface area contributed by atoms with Crippen LogP contribution in [0.2, 0.25) is 16.6 Å². The Balaban J connectivity index is 2.53. The van der Waals surface area contributed by atoms with Gasteiger partial charge >= 0.3 is 0 Å². The molecular weight excluding hydrogens is 262 g/mol. The molecular formula is C17H37NOSi. The number of hydrogen-bond acceptors (Lipinski definition) is 2. The lowest BCUT2D eigenvalue weighted by Gasteiger charge is -2.42. The molecule has 3 heteroatoms. The van der Waals surface area contributed by atoms with E-state index in [1.165, 1.54) is 19.3 Å². The van der Waals surface area contributed by atoms with Gasteiger partial charge in [0.25, 0.3) is 0 Å². The van der Waals surface area contributed by atoms with Crippen molar-refractivity contribution in [1.29, 1.82) is 0 Å². The van der Waals surface area contributed by atoms with E-state index in [0.29, 0.717) is 22.5 Å². The average Bonchev–Trinajstić information content (AvgIpc) is 2.94. The third-order valence-corrected chi connectivity index (χ3v) is 11.6. The van der Waals surface area contributed by atoms with Crippen LogP contribution in [0.15, 0.2) is 0 Å². The van der Waals surface area contributed by atoms with Crippen LogP contribution in [0.25, 0.3) is 0 Å². The molecule has 0 aromatic rings. The maximum Gasteiger partial charge on any atom is 0.200 e. The third kappa shape index (κ3) is 3.66. The summed E-state index contributed by atoms with van der Waals surface area (Å²) in [6, 6.07) is 0. The first kappa shape index (κ1) is 18.2. The largest absolute Gasteiger partial charge is 0.416 e. The van der Waals surface area contributed by atoms with E-state index in [4.69, 9.17) is 10.2 Å². The van der Waals surface area contributed by atoms with Gasteiger partial charge in [-0.1, -0.05) is 54.9 Å². The Hall–Kier alpha value is 0.137. The van der Waals surface area contributed by atoms with Gasteiger partial charge in [0, 0.05) is 12.1 Å². The van der Waals surface area contributed by atoms with E-state index in [1.807, 2.05) is 0 Å². The van der Waals surface area contributed by atoms with Crippen molar-refractivity contribution in [3.8, 4) is 0 Å². The maximum absolute atomic E-state index is 6.62. The molecule has 0 aromatic heterocycles. The van der Waals surface area contributed by atoms with Gasteiger partial charge < -0.3 is 10.2 Å². The van der Waals surface area contributed by atoms with Crippen LogP contribution in [0, 0.1) is 5.92 Å². The predicted molar refractivity (Wildman–Crippen MR) is 91.6 cm³/mol. The Morgan fingerprint density at radius 1 is 1.10 bits per heavy atom.